The Kier molecular flexibility index (Phi) is 11.8. The number of hydrogen-bond acceptors (Lipinski definition) is 2. The molecule has 0 amide bonds. The number of unbranched alkanes of at least 4 members (excludes halogenated alkanes) is 1. The predicted octanol–water partition coefficient (Wildman–Crippen LogP) is -2.46. The van der Waals surface area contributed by atoms with E-state index in [-0.39, 0.29) is 51.4 Å². The van der Waals surface area contributed by atoms with Crippen LogP contribution >= 0.6 is 11.6 Å². The Labute approximate surface area is 109 Å². The van der Waals surface area contributed by atoms with Crippen molar-refractivity contribution in [3.63, 3.8) is 0 Å². The van der Waals surface area contributed by atoms with Gasteiger partial charge in [0.1, 0.15) is 0 Å². The third-order valence-corrected chi connectivity index (χ3v) is 1.46. The van der Waals surface area contributed by atoms with Crippen molar-refractivity contribution in [3.05, 3.63) is 0 Å². The number of carbonyl (C=O) groups excluding carboxylic acids is 1. The molecule has 0 bridgehead atoms. The monoisotopic (exact) mass is 188 g/mol. The Morgan fingerprint density at radius 1 is 1.70 bits per heavy atom. The zero-order valence-electron chi connectivity index (χ0n) is 6.39. The molecule has 0 aromatic rings. The summed E-state index contributed by atoms with van der Waals surface area (Å²) >= 11 is 5.33. The van der Waals surface area contributed by atoms with Crippen molar-refractivity contribution in [1.29, 1.82) is 0 Å². The maximum absolute atomic E-state index is 9.96. The topological polar surface area (TPSA) is 40.1 Å². The Bertz CT molecular complexity index is 97.7. The molecule has 0 fully saturated rings. The zero-order valence-corrected chi connectivity index (χ0v) is 10.3. The van der Waals surface area contributed by atoms with Gasteiger partial charge in [-0.1, -0.05) is 19.8 Å². The van der Waals surface area contributed by atoms with Crippen molar-refractivity contribution in [3.8, 4) is 0 Å². The van der Waals surface area contributed by atoms with E-state index in [9.17, 15) is 9.90 Å². The average molecular weight is 189 g/mol. The van der Waals surface area contributed by atoms with Crippen LogP contribution in [0.3, 0.4) is 0 Å². The summed E-state index contributed by atoms with van der Waals surface area (Å²) in [6.45, 7) is 1.99. The minimum atomic E-state index is -1.16. The van der Waals surface area contributed by atoms with Gasteiger partial charge in [0.05, 0.1) is 11.3 Å². The van der Waals surface area contributed by atoms with E-state index in [1.165, 1.54) is 0 Å². The maximum atomic E-state index is 9.96. The fraction of sp³-hybridized carbons (Fsp3) is 0.833. The molecule has 0 aromatic heterocycles. The van der Waals surface area contributed by atoms with E-state index in [4.69, 9.17) is 11.6 Å². The van der Waals surface area contributed by atoms with Gasteiger partial charge in [0.25, 0.3) is 0 Å². The largest absolute Gasteiger partial charge is 1.00 e. The van der Waals surface area contributed by atoms with Crippen LogP contribution in [0.25, 0.3) is 0 Å². The molecule has 0 heterocycles. The van der Waals surface area contributed by atoms with Crippen molar-refractivity contribution in [2.75, 3.05) is 0 Å². The summed E-state index contributed by atoms with van der Waals surface area (Å²) in [4.78, 5) is 9.96. The van der Waals surface area contributed by atoms with Crippen LogP contribution in [0.5, 0.6) is 0 Å². The van der Waals surface area contributed by atoms with E-state index in [0.717, 1.165) is 12.8 Å². The van der Waals surface area contributed by atoms with Gasteiger partial charge in [-0.25, -0.2) is 0 Å². The molecule has 10 heavy (non-hydrogen) atoms. The third kappa shape index (κ3) is 7.50. The molecule has 0 rings (SSSR count). The normalized spacial score (nSPS) is 11.8. The summed E-state index contributed by atoms with van der Waals surface area (Å²) < 4.78 is 0. The van der Waals surface area contributed by atoms with Gasteiger partial charge in [-0.3, -0.25) is 0 Å². The van der Waals surface area contributed by atoms with E-state index in [0.29, 0.717) is 6.42 Å². The molecule has 0 aliphatic rings. The van der Waals surface area contributed by atoms with Crippen LogP contribution in [-0.2, 0) is 4.79 Å². The Hall–Kier alpha value is 1.40. The van der Waals surface area contributed by atoms with Crippen LogP contribution in [0, 0.1) is 0 Å². The van der Waals surface area contributed by atoms with Crippen LogP contribution < -0.4 is 56.5 Å². The summed E-state index contributed by atoms with van der Waals surface area (Å²) in [6.07, 6.45) is 2.33. The fourth-order valence-electron chi connectivity index (χ4n) is 0.501. The molecule has 2 nitrogen and oxygen atoms in total. The van der Waals surface area contributed by atoms with Crippen molar-refractivity contribution < 1.29 is 61.3 Å². The van der Waals surface area contributed by atoms with Gasteiger partial charge >= 0.3 is 51.4 Å². The first-order valence-electron chi connectivity index (χ1n) is 3.03. The summed E-state index contributed by atoms with van der Waals surface area (Å²) in [5.74, 6) is -1.16. The first kappa shape index (κ1) is 14.0. The molecule has 0 radical (unpaired) electrons. The van der Waals surface area contributed by atoms with Gasteiger partial charge in [-0.15, -0.1) is 11.6 Å². The van der Waals surface area contributed by atoms with Crippen LogP contribution in [0.4, 0.5) is 0 Å². The van der Waals surface area contributed by atoms with E-state index in [2.05, 4.69) is 0 Å². The smallest absolute Gasteiger partial charge is 0.549 e. The van der Waals surface area contributed by atoms with E-state index < -0.39 is 11.3 Å². The van der Waals surface area contributed by atoms with Gasteiger partial charge in [-0.2, -0.15) is 0 Å². The number of hydrogen-bond donors (Lipinski definition) is 0. The minimum Gasteiger partial charge on any atom is -0.549 e. The number of aliphatic carboxylic acids is 1. The van der Waals surface area contributed by atoms with Crippen LogP contribution in [0.2, 0.25) is 0 Å². The van der Waals surface area contributed by atoms with Crippen LogP contribution in [0.15, 0.2) is 0 Å². The number of rotatable bonds is 4. The van der Waals surface area contributed by atoms with Crippen LogP contribution in [-0.4, -0.2) is 11.3 Å². The van der Waals surface area contributed by atoms with E-state index in [1.807, 2.05) is 6.92 Å². The molecule has 4 heteroatoms. The maximum Gasteiger partial charge on any atom is 1.00 e. The Morgan fingerprint density at radius 3 is 2.50 bits per heavy atom. The van der Waals surface area contributed by atoms with E-state index in [1.54, 1.807) is 0 Å². The average Bonchev–Trinajstić information content (AvgIpc) is 1.82. The quantitative estimate of drug-likeness (QED) is 0.363. The molecular weight excluding hydrogens is 179 g/mol. The number of halogens is 1. The van der Waals surface area contributed by atoms with Gasteiger partial charge in [0.15, 0.2) is 0 Å². The molecule has 0 aliphatic heterocycles. The van der Waals surface area contributed by atoms with Crippen molar-refractivity contribution in [2.45, 2.75) is 31.6 Å². The zero-order chi connectivity index (χ0) is 7.28. The second-order valence-electron chi connectivity index (χ2n) is 1.93. The summed E-state index contributed by atoms with van der Waals surface area (Å²) in [5, 5.41) is 9.16. The number of carboxylic acids is 1. The van der Waals surface area contributed by atoms with Gasteiger partial charge in [0.2, 0.25) is 0 Å². The fourth-order valence-corrected chi connectivity index (χ4v) is 0.655. The van der Waals surface area contributed by atoms with Crippen molar-refractivity contribution in [1.82, 2.24) is 0 Å². The Balaban J connectivity index is 0. The van der Waals surface area contributed by atoms with Crippen molar-refractivity contribution >= 4 is 17.6 Å². The summed E-state index contributed by atoms with van der Waals surface area (Å²) in [7, 11) is 0. The van der Waals surface area contributed by atoms with Gasteiger partial charge in [-0.05, 0) is 6.42 Å². The minimum absolute atomic E-state index is 0. The molecule has 0 aliphatic carbocycles. The Morgan fingerprint density at radius 2 is 2.20 bits per heavy atom. The first-order chi connectivity index (χ1) is 4.18. The summed E-state index contributed by atoms with van der Waals surface area (Å²) in [6, 6.07) is 0. The number of alkyl halides is 1. The molecular formula is C6H10ClKO2. The van der Waals surface area contributed by atoms with Crippen molar-refractivity contribution in [2.24, 2.45) is 0 Å². The number of carboxylic acid groups (broad SMARTS) is 1. The number of carbonyl (C=O) groups is 1. The molecule has 0 saturated carbocycles. The standard InChI is InChI=1S/C6H11ClO2.K/c1-2-3-4-5(7)6(8)9;/h5H,2-4H2,1H3,(H,8,9);/q;+1/p-1. The molecule has 1 atom stereocenters. The molecule has 0 N–H and O–H groups in total. The van der Waals surface area contributed by atoms with Gasteiger partial charge < -0.3 is 9.90 Å². The second-order valence-corrected chi connectivity index (χ2v) is 2.46. The molecule has 1 unspecified atom stereocenters. The molecule has 54 valence electrons. The molecule has 0 spiro atoms. The SMILES string of the molecule is CCCCC(Cl)C(=O)[O-].[K+]. The second kappa shape index (κ2) is 8.49. The molecule has 0 saturated heterocycles. The van der Waals surface area contributed by atoms with E-state index >= 15 is 0 Å². The van der Waals surface area contributed by atoms with Crippen LogP contribution in [0.1, 0.15) is 26.2 Å². The first-order valence-corrected chi connectivity index (χ1v) is 3.47. The third-order valence-electron chi connectivity index (χ3n) is 1.07. The van der Waals surface area contributed by atoms with Gasteiger partial charge in [0, 0.05) is 0 Å². The summed E-state index contributed by atoms with van der Waals surface area (Å²) in [5.41, 5.74) is 0. The predicted molar refractivity (Wildman–Crippen MR) is 34.2 cm³/mol. The molecule has 0 aromatic carbocycles.